The van der Waals surface area contributed by atoms with E-state index in [2.05, 4.69) is 6.08 Å². The minimum atomic E-state index is -0.0794. The summed E-state index contributed by atoms with van der Waals surface area (Å²) in [7, 11) is 0. The van der Waals surface area contributed by atoms with E-state index in [0.29, 0.717) is 19.1 Å². The van der Waals surface area contributed by atoms with Gasteiger partial charge in [0.25, 0.3) is 0 Å². The Morgan fingerprint density at radius 1 is 1.54 bits per heavy atom. The maximum absolute atomic E-state index is 11.4. The van der Waals surface area contributed by atoms with Gasteiger partial charge in [-0.15, -0.1) is 0 Å². The number of hydrogen-bond donors (Lipinski definition) is 0. The van der Waals surface area contributed by atoms with Gasteiger partial charge in [-0.1, -0.05) is 13.0 Å². The first kappa shape index (κ1) is 8.75. The second-order valence-corrected chi connectivity index (χ2v) is 3.71. The summed E-state index contributed by atoms with van der Waals surface area (Å²) in [5.41, 5.74) is 1.11. The number of cyclic esters (lactones) is 1. The van der Waals surface area contributed by atoms with Gasteiger partial charge in [0.1, 0.15) is 0 Å². The van der Waals surface area contributed by atoms with E-state index < -0.39 is 0 Å². The number of ether oxygens (including phenoxy) is 2. The molecule has 0 aliphatic carbocycles. The van der Waals surface area contributed by atoms with Crippen LogP contribution in [0.3, 0.4) is 0 Å². The summed E-state index contributed by atoms with van der Waals surface area (Å²) in [6, 6.07) is 0. The highest BCUT2D eigenvalue weighted by atomic mass is 16.5. The molecule has 1 saturated heterocycles. The third-order valence-corrected chi connectivity index (χ3v) is 2.65. The molecule has 0 spiro atoms. The molecule has 2 aliphatic heterocycles. The summed E-state index contributed by atoms with van der Waals surface area (Å²) < 4.78 is 10.3. The molecule has 0 saturated carbocycles. The maximum atomic E-state index is 11.4. The molecule has 1 fully saturated rings. The van der Waals surface area contributed by atoms with Gasteiger partial charge >= 0.3 is 5.97 Å². The Balaban J connectivity index is 2.13. The van der Waals surface area contributed by atoms with Crippen LogP contribution in [0.5, 0.6) is 0 Å². The van der Waals surface area contributed by atoms with Crippen LogP contribution in [-0.4, -0.2) is 25.8 Å². The Morgan fingerprint density at radius 2 is 2.38 bits per heavy atom. The fraction of sp³-hybridized carbons (Fsp3) is 0.700. The zero-order valence-corrected chi connectivity index (χ0v) is 7.79. The highest BCUT2D eigenvalue weighted by Gasteiger charge is 2.36. The number of rotatable bonds is 1. The molecule has 2 atom stereocenters. The highest BCUT2D eigenvalue weighted by Crippen LogP contribution is 2.30. The molecule has 13 heavy (non-hydrogen) atoms. The molecule has 3 heteroatoms. The van der Waals surface area contributed by atoms with E-state index >= 15 is 0 Å². The van der Waals surface area contributed by atoms with Crippen molar-refractivity contribution in [2.75, 3.05) is 19.8 Å². The molecular weight excluding hydrogens is 168 g/mol. The smallest absolute Gasteiger partial charge is 0.313 e. The first-order valence-corrected chi connectivity index (χ1v) is 4.72. The summed E-state index contributed by atoms with van der Waals surface area (Å²) in [5.74, 6) is 0.185. The lowest BCUT2D eigenvalue weighted by Crippen LogP contribution is -2.22. The van der Waals surface area contributed by atoms with Crippen molar-refractivity contribution >= 4 is 5.97 Å². The molecule has 0 aromatic carbocycles. The zero-order chi connectivity index (χ0) is 9.26. The molecular formula is C10H14O3. The standard InChI is InChI=1S/C10H14O3/c1-7-5-13-10(11)9(7)8-3-2-4-12-6-8/h3,7,9H,2,4-6H2,1H3/t7-,9+/m1/s1. The first-order chi connectivity index (χ1) is 6.29. The van der Waals surface area contributed by atoms with Gasteiger partial charge in [0.2, 0.25) is 0 Å². The number of hydrogen-bond acceptors (Lipinski definition) is 3. The van der Waals surface area contributed by atoms with Gasteiger partial charge in [0.15, 0.2) is 0 Å². The molecule has 0 bridgehead atoms. The largest absolute Gasteiger partial charge is 0.465 e. The molecule has 2 heterocycles. The summed E-state index contributed by atoms with van der Waals surface area (Å²) in [4.78, 5) is 11.4. The molecule has 2 aliphatic rings. The van der Waals surface area contributed by atoms with Crippen molar-refractivity contribution < 1.29 is 14.3 Å². The minimum Gasteiger partial charge on any atom is -0.465 e. The van der Waals surface area contributed by atoms with Crippen LogP contribution in [0.25, 0.3) is 0 Å². The van der Waals surface area contributed by atoms with Gasteiger partial charge in [-0.05, 0) is 12.0 Å². The second kappa shape index (κ2) is 3.50. The van der Waals surface area contributed by atoms with E-state index in [1.807, 2.05) is 6.92 Å². The summed E-state index contributed by atoms with van der Waals surface area (Å²) in [6.07, 6.45) is 3.04. The zero-order valence-electron chi connectivity index (χ0n) is 7.79. The summed E-state index contributed by atoms with van der Waals surface area (Å²) in [5, 5.41) is 0. The van der Waals surface area contributed by atoms with E-state index in [4.69, 9.17) is 9.47 Å². The Labute approximate surface area is 77.7 Å². The quantitative estimate of drug-likeness (QED) is 0.450. The Hall–Kier alpha value is -0.830. The highest BCUT2D eigenvalue weighted by molar-refractivity contribution is 5.78. The summed E-state index contributed by atoms with van der Waals surface area (Å²) in [6.45, 7) is 3.98. The van der Waals surface area contributed by atoms with Crippen molar-refractivity contribution in [1.82, 2.24) is 0 Å². The van der Waals surface area contributed by atoms with Crippen LogP contribution in [0.2, 0.25) is 0 Å². The fourth-order valence-electron chi connectivity index (χ4n) is 1.94. The van der Waals surface area contributed by atoms with E-state index in [9.17, 15) is 4.79 Å². The van der Waals surface area contributed by atoms with Gasteiger partial charge in [-0.25, -0.2) is 0 Å². The van der Waals surface area contributed by atoms with E-state index in [1.54, 1.807) is 0 Å². The van der Waals surface area contributed by atoms with Crippen molar-refractivity contribution in [3.8, 4) is 0 Å². The van der Waals surface area contributed by atoms with Crippen molar-refractivity contribution in [2.24, 2.45) is 11.8 Å². The molecule has 3 nitrogen and oxygen atoms in total. The number of carbonyl (C=O) groups excluding carboxylic acids is 1. The molecule has 0 aromatic rings. The Bertz CT molecular complexity index is 245. The molecule has 0 aromatic heterocycles. The number of esters is 1. The van der Waals surface area contributed by atoms with Crippen molar-refractivity contribution in [3.05, 3.63) is 11.6 Å². The van der Waals surface area contributed by atoms with Crippen LogP contribution >= 0.6 is 0 Å². The van der Waals surface area contributed by atoms with Crippen LogP contribution < -0.4 is 0 Å². The van der Waals surface area contributed by atoms with Crippen molar-refractivity contribution in [3.63, 3.8) is 0 Å². The lowest BCUT2D eigenvalue weighted by atomic mass is 9.88. The van der Waals surface area contributed by atoms with Gasteiger partial charge in [-0.2, -0.15) is 0 Å². The van der Waals surface area contributed by atoms with Crippen LogP contribution in [0, 0.1) is 11.8 Å². The normalized spacial score (nSPS) is 34.2. The fourth-order valence-corrected chi connectivity index (χ4v) is 1.94. The van der Waals surface area contributed by atoms with Gasteiger partial charge in [-0.3, -0.25) is 4.79 Å². The van der Waals surface area contributed by atoms with Crippen LogP contribution in [0.15, 0.2) is 11.6 Å². The van der Waals surface area contributed by atoms with Gasteiger partial charge in [0, 0.05) is 5.92 Å². The van der Waals surface area contributed by atoms with Gasteiger partial charge in [0.05, 0.1) is 25.7 Å². The first-order valence-electron chi connectivity index (χ1n) is 4.72. The molecule has 0 amide bonds. The van der Waals surface area contributed by atoms with E-state index in [-0.39, 0.29) is 11.9 Å². The minimum absolute atomic E-state index is 0.0414. The average molecular weight is 182 g/mol. The van der Waals surface area contributed by atoms with Crippen LogP contribution in [0.4, 0.5) is 0 Å². The van der Waals surface area contributed by atoms with Crippen LogP contribution in [-0.2, 0) is 14.3 Å². The molecule has 0 unspecified atom stereocenters. The maximum Gasteiger partial charge on any atom is 0.313 e. The van der Waals surface area contributed by atoms with Crippen molar-refractivity contribution in [2.45, 2.75) is 13.3 Å². The second-order valence-electron chi connectivity index (χ2n) is 3.71. The predicted octanol–water partition coefficient (Wildman–Crippen LogP) is 1.14. The monoisotopic (exact) mass is 182 g/mol. The van der Waals surface area contributed by atoms with Gasteiger partial charge < -0.3 is 9.47 Å². The van der Waals surface area contributed by atoms with E-state index in [1.165, 1.54) is 0 Å². The molecule has 0 N–H and O–H groups in total. The topological polar surface area (TPSA) is 35.5 Å². The Kier molecular flexibility index (Phi) is 2.36. The average Bonchev–Trinajstić information content (AvgIpc) is 2.48. The Morgan fingerprint density at radius 3 is 2.92 bits per heavy atom. The summed E-state index contributed by atoms with van der Waals surface area (Å²) >= 11 is 0. The molecule has 0 radical (unpaired) electrons. The lowest BCUT2D eigenvalue weighted by molar-refractivity contribution is -0.140. The third-order valence-electron chi connectivity index (χ3n) is 2.65. The molecule has 72 valence electrons. The third kappa shape index (κ3) is 1.61. The number of carbonyl (C=O) groups is 1. The van der Waals surface area contributed by atoms with Crippen LogP contribution in [0.1, 0.15) is 13.3 Å². The SMILES string of the molecule is C[C@@H]1COC(=O)[C@@H]1C1=CCCOC1. The van der Waals surface area contributed by atoms with E-state index in [0.717, 1.165) is 18.6 Å². The van der Waals surface area contributed by atoms with Crippen molar-refractivity contribution in [1.29, 1.82) is 0 Å². The predicted molar refractivity (Wildman–Crippen MR) is 47.1 cm³/mol. The lowest BCUT2D eigenvalue weighted by Gasteiger charge is -2.19. The molecule has 2 rings (SSSR count).